The number of nitrogens with one attached hydrogen (secondary N) is 1. The minimum absolute atomic E-state index is 0.00906. The molecule has 0 bridgehead atoms. The van der Waals surface area contributed by atoms with E-state index in [0.717, 1.165) is 23.3 Å². The first-order valence-electron chi connectivity index (χ1n) is 10.7. The molecule has 1 aromatic heterocycles. The summed E-state index contributed by atoms with van der Waals surface area (Å²) in [6.45, 7) is 2.15. The van der Waals surface area contributed by atoms with Gasteiger partial charge in [0.1, 0.15) is 6.10 Å². The maximum Gasteiger partial charge on any atom is 0.280 e. The van der Waals surface area contributed by atoms with E-state index in [-0.39, 0.29) is 41.1 Å². The van der Waals surface area contributed by atoms with Gasteiger partial charge in [-0.15, -0.1) is 0 Å². The molecular formula is C21H27FN4O6S2. The normalized spacial score (nSPS) is 18.9. The third kappa shape index (κ3) is 6.57. The number of carbonyl (C=O) groups excluding carboxylic acids is 1. The van der Waals surface area contributed by atoms with E-state index >= 15 is 0 Å². The van der Waals surface area contributed by atoms with Crippen molar-refractivity contribution in [1.82, 2.24) is 9.29 Å². The molecule has 1 fully saturated rings. The summed E-state index contributed by atoms with van der Waals surface area (Å²) in [5.41, 5.74) is 0.195. The van der Waals surface area contributed by atoms with Crippen molar-refractivity contribution < 1.29 is 32.3 Å². The van der Waals surface area contributed by atoms with Gasteiger partial charge in [-0.05, 0) is 31.9 Å². The number of nitrogens with zero attached hydrogens (tertiary/aromatic N) is 3. The number of likely N-dealkylation sites (N-methyl/N-ethyl adjacent to an activating group) is 1. The van der Waals surface area contributed by atoms with Crippen molar-refractivity contribution in [3.63, 3.8) is 0 Å². The number of benzene rings is 1. The number of hydrogen-bond acceptors (Lipinski definition) is 9. The van der Waals surface area contributed by atoms with Crippen LogP contribution in [0.1, 0.15) is 31.7 Å². The van der Waals surface area contributed by atoms with Gasteiger partial charge in [0.15, 0.2) is 16.0 Å². The lowest BCUT2D eigenvalue weighted by molar-refractivity contribution is -0.110. The fraction of sp³-hybridized carbons (Fsp3) is 0.476. The third-order valence-corrected chi connectivity index (χ3v) is 7.77. The molecular weight excluding hydrogens is 487 g/mol. The Labute approximate surface area is 201 Å². The highest BCUT2D eigenvalue weighted by Gasteiger charge is 2.28. The predicted molar refractivity (Wildman–Crippen MR) is 125 cm³/mol. The molecule has 1 aromatic carbocycles. The van der Waals surface area contributed by atoms with Crippen LogP contribution in [0, 0.1) is 5.13 Å². The zero-order chi connectivity index (χ0) is 24.7. The van der Waals surface area contributed by atoms with E-state index in [9.17, 15) is 17.6 Å². The Morgan fingerprint density at radius 1 is 1.32 bits per heavy atom. The number of amides is 1. The number of halogens is 1. The van der Waals surface area contributed by atoms with Crippen LogP contribution in [0.4, 0.5) is 9.52 Å². The summed E-state index contributed by atoms with van der Waals surface area (Å²) >= 11 is 0.664. The number of anilines is 1. The molecule has 2 atom stereocenters. The molecule has 1 aliphatic carbocycles. The predicted octanol–water partition coefficient (Wildman–Crippen LogP) is 2.21. The molecule has 1 saturated carbocycles. The van der Waals surface area contributed by atoms with Crippen LogP contribution in [0.2, 0.25) is 0 Å². The zero-order valence-electron chi connectivity index (χ0n) is 18.8. The molecule has 1 aliphatic rings. The van der Waals surface area contributed by atoms with Crippen molar-refractivity contribution >= 4 is 38.1 Å². The highest BCUT2D eigenvalue weighted by atomic mass is 32.2. The summed E-state index contributed by atoms with van der Waals surface area (Å²) in [4.78, 5) is 22.3. The van der Waals surface area contributed by atoms with Crippen molar-refractivity contribution in [3.8, 4) is 0 Å². The highest BCUT2D eigenvalue weighted by molar-refractivity contribution is 7.89. The van der Waals surface area contributed by atoms with Crippen molar-refractivity contribution in [2.45, 2.75) is 43.3 Å². The van der Waals surface area contributed by atoms with E-state index in [1.165, 1.54) is 31.3 Å². The highest BCUT2D eigenvalue weighted by Crippen LogP contribution is 2.25. The molecule has 34 heavy (non-hydrogen) atoms. The summed E-state index contributed by atoms with van der Waals surface area (Å²) in [5.74, 6) is -0.679. The van der Waals surface area contributed by atoms with Crippen molar-refractivity contribution in [1.29, 1.82) is 0 Å². The Morgan fingerprint density at radius 2 is 2.03 bits per heavy atom. The number of thiazole rings is 1. The van der Waals surface area contributed by atoms with E-state index in [2.05, 4.69) is 15.5 Å². The second-order valence-electron chi connectivity index (χ2n) is 7.56. The minimum atomic E-state index is -3.81. The standard InChI is InChI=1S/C21H27FN4O6S2/c1-3-31-15-6-7-16(12-15)32-25-19(20(28)24-21-23-13-18(22)33-21)14-4-8-17(9-5-14)34(29,30)26(2)10-11-27/h4-5,8-9,13,15-16,27H,3,6-7,10-12H2,1-2H3,(H,23,24,28)/b25-19+/t15-,16-/m1/s1. The summed E-state index contributed by atoms with van der Waals surface area (Å²) < 4.78 is 45.1. The third-order valence-electron chi connectivity index (χ3n) is 5.20. The van der Waals surface area contributed by atoms with Gasteiger partial charge in [-0.1, -0.05) is 28.6 Å². The van der Waals surface area contributed by atoms with Crippen LogP contribution in [-0.2, 0) is 24.4 Å². The van der Waals surface area contributed by atoms with Crippen molar-refractivity contribution in [2.75, 3.05) is 32.1 Å². The van der Waals surface area contributed by atoms with Gasteiger partial charge in [0.05, 0.1) is 23.8 Å². The second-order valence-corrected chi connectivity index (χ2v) is 10.6. The second kappa shape index (κ2) is 11.8. The summed E-state index contributed by atoms with van der Waals surface area (Å²) in [7, 11) is -2.45. The average Bonchev–Trinajstić information content (AvgIpc) is 3.43. The SMILES string of the molecule is CCO[C@@H]1CC[C@@H](O/N=C(/C(=O)Nc2ncc(F)s2)c2ccc(S(=O)(=O)N(C)CCO)cc2)C1. The number of ether oxygens (including phenoxy) is 1. The Morgan fingerprint density at radius 3 is 2.65 bits per heavy atom. The topological polar surface area (TPSA) is 130 Å². The molecule has 10 nitrogen and oxygen atoms in total. The van der Waals surface area contributed by atoms with Gasteiger partial charge in [-0.2, -0.15) is 8.70 Å². The van der Waals surface area contributed by atoms with Crippen LogP contribution >= 0.6 is 11.3 Å². The monoisotopic (exact) mass is 514 g/mol. The van der Waals surface area contributed by atoms with E-state index in [1.54, 1.807) is 0 Å². The van der Waals surface area contributed by atoms with Gasteiger partial charge in [0.2, 0.25) is 10.0 Å². The van der Waals surface area contributed by atoms with Crippen LogP contribution in [0.25, 0.3) is 0 Å². The van der Waals surface area contributed by atoms with Gasteiger partial charge in [-0.25, -0.2) is 13.4 Å². The first-order chi connectivity index (χ1) is 16.2. The molecule has 0 saturated heterocycles. The molecule has 1 amide bonds. The molecule has 0 spiro atoms. The fourth-order valence-electron chi connectivity index (χ4n) is 3.43. The number of aliphatic hydroxyl groups is 1. The number of sulfonamides is 1. The maximum atomic E-state index is 13.3. The van der Waals surface area contributed by atoms with Crippen molar-refractivity contribution in [3.05, 3.63) is 41.2 Å². The average molecular weight is 515 g/mol. The lowest BCUT2D eigenvalue weighted by Gasteiger charge is -2.16. The molecule has 186 valence electrons. The van der Waals surface area contributed by atoms with Gasteiger partial charge in [0.25, 0.3) is 5.91 Å². The molecule has 3 rings (SSSR count). The molecule has 0 radical (unpaired) electrons. The first kappa shape index (κ1) is 26.2. The number of rotatable bonds is 11. The lowest BCUT2D eigenvalue weighted by Crippen LogP contribution is -2.29. The number of hydrogen-bond donors (Lipinski definition) is 2. The van der Waals surface area contributed by atoms with Gasteiger partial charge < -0.3 is 14.7 Å². The van der Waals surface area contributed by atoms with Crippen molar-refractivity contribution in [2.24, 2.45) is 5.16 Å². The van der Waals surface area contributed by atoms with Crippen LogP contribution in [-0.4, -0.2) is 73.4 Å². The Balaban J connectivity index is 1.83. The minimum Gasteiger partial charge on any atom is -0.395 e. The van der Waals surface area contributed by atoms with Crippen LogP contribution in [0.5, 0.6) is 0 Å². The Bertz CT molecular complexity index is 1110. The van der Waals surface area contributed by atoms with Crippen LogP contribution in [0.3, 0.4) is 0 Å². The number of aromatic nitrogens is 1. The number of carbonyl (C=O) groups is 1. The largest absolute Gasteiger partial charge is 0.395 e. The van der Waals surface area contributed by atoms with Gasteiger partial charge in [0, 0.05) is 32.2 Å². The summed E-state index contributed by atoms with van der Waals surface area (Å²) in [6, 6.07) is 5.54. The zero-order valence-corrected chi connectivity index (χ0v) is 20.4. The smallest absolute Gasteiger partial charge is 0.280 e. The quantitative estimate of drug-likeness (QED) is 0.347. The molecule has 2 N–H and O–H groups in total. The van der Waals surface area contributed by atoms with Crippen LogP contribution in [0.15, 0.2) is 40.5 Å². The Kier molecular flexibility index (Phi) is 9.08. The number of aliphatic hydroxyl groups excluding tert-OH is 1. The van der Waals surface area contributed by atoms with Gasteiger partial charge >= 0.3 is 0 Å². The van der Waals surface area contributed by atoms with Gasteiger partial charge in [-0.3, -0.25) is 10.1 Å². The maximum absolute atomic E-state index is 13.3. The van der Waals surface area contributed by atoms with E-state index < -0.39 is 21.1 Å². The molecule has 2 aromatic rings. The molecule has 13 heteroatoms. The number of oxime groups is 1. The summed E-state index contributed by atoms with van der Waals surface area (Å²) in [5, 5.41) is 15.1. The summed E-state index contributed by atoms with van der Waals surface area (Å²) in [6.07, 6.45) is 3.00. The molecule has 1 heterocycles. The van der Waals surface area contributed by atoms with E-state index in [1.807, 2.05) is 6.92 Å². The van der Waals surface area contributed by atoms with Crippen LogP contribution < -0.4 is 5.32 Å². The van der Waals surface area contributed by atoms with E-state index in [0.29, 0.717) is 29.9 Å². The lowest BCUT2D eigenvalue weighted by atomic mass is 10.1. The Hall–Kier alpha value is -2.45. The molecule has 0 aliphatic heterocycles. The first-order valence-corrected chi connectivity index (χ1v) is 13.0. The fourth-order valence-corrected chi connectivity index (χ4v) is 5.13. The van der Waals surface area contributed by atoms with E-state index in [4.69, 9.17) is 14.7 Å². The molecule has 0 unspecified atom stereocenters.